The Bertz CT molecular complexity index is 156. The van der Waals surface area contributed by atoms with Crippen LogP contribution in [0, 0.1) is 5.41 Å². The third-order valence-corrected chi connectivity index (χ3v) is 2.34. The van der Waals surface area contributed by atoms with Crippen LogP contribution in [0.3, 0.4) is 0 Å². The fraction of sp³-hybridized carbons (Fsp3) is 1.00. The van der Waals surface area contributed by atoms with Gasteiger partial charge in [0.25, 0.3) is 0 Å². The van der Waals surface area contributed by atoms with Crippen molar-refractivity contribution in [1.82, 2.24) is 5.32 Å². The number of hydrogen-bond acceptors (Lipinski definition) is 2. The van der Waals surface area contributed by atoms with Crippen LogP contribution in [0.25, 0.3) is 0 Å². The second kappa shape index (κ2) is 5.13. The summed E-state index contributed by atoms with van der Waals surface area (Å²) in [4.78, 5) is 0. The van der Waals surface area contributed by atoms with Crippen molar-refractivity contribution in [1.29, 1.82) is 0 Å². The van der Waals surface area contributed by atoms with E-state index in [1.807, 2.05) is 0 Å². The van der Waals surface area contributed by atoms with Crippen molar-refractivity contribution in [3.05, 3.63) is 0 Å². The number of nitrogens with two attached hydrogens (primary N) is 1. The van der Waals surface area contributed by atoms with Gasteiger partial charge in [0.05, 0.1) is 0 Å². The van der Waals surface area contributed by atoms with Crippen molar-refractivity contribution in [3.63, 3.8) is 0 Å². The van der Waals surface area contributed by atoms with E-state index >= 15 is 0 Å². The van der Waals surface area contributed by atoms with Crippen LogP contribution in [0.4, 0.5) is 0 Å². The molecule has 0 heterocycles. The van der Waals surface area contributed by atoms with Crippen molar-refractivity contribution < 1.29 is 0 Å². The van der Waals surface area contributed by atoms with E-state index in [9.17, 15) is 0 Å². The molecule has 0 aliphatic heterocycles. The zero-order valence-corrected chi connectivity index (χ0v) is 10.8. The van der Waals surface area contributed by atoms with E-state index in [2.05, 4.69) is 46.9 Å². The molecule has 86 valence electrons. The second-order valence-electron chi connectivity index (χ2n) is 6.17. The molecular weight excluding hydrogens is 172 g/mol. The maximum atomic E-state index is 5.88. The van der Waals surface area contributed by atoms with E-state index in [1.165, 1.54) is 0 Å². The van der Waals surface area contributed by atoms with Crippen molar-refractivity contribution in [2.75, 3.05) is 6.54 Å². The monoisotopic (exact) mass is 200 g/mol. The first-order valence-corrected chi connectivity index (χ1v) is 5.67. The Morgan fingerprint density at radius 1 is 1.14 bits per heavy atom. The highest BCUT2D eigenvalue weighted by Crippen LogP contribution is 2.26. The van der Waals surface area contributed by atoms with Crippen LogP contribution in [0.1, 0.15) is 54.4 Å². The first-order chi connectivity index (χ1) is 6.16. The van der Waals surface area contributed by atoms with Gasteiger partial charge >= 0.3 is 0 Å². The molecule has 0 amide bonds. The molecule has 0 spiro atoms. The summed E-state index contributed by atoms with van der Waals surface area (Å²) >= 11 is 0. The first kappa shape index (κ1) is 13.9. The molecule has 0 aromatic heterocycles. The molecule has 3 N–H and O–H groups in total. The maximum absolute atomic E-state index is 5.88. The van der Waals surface area contributed by atoms with Crippen molar-refractivity contribution >= 4 is 0 Å². The lowest BCUT2D eigenvalue weighted by Gasteiger charge is -2.34. The molecule has 0 aromatic rings. The molecule has 2 heteroatoms. The average molecular weight is 200 g/mol. The number of hydrogen-bond donors (Lipinski definition) is 2. The Labute approximate surface area is 89.6 Å². The first-order valence-electron chi connectivity index (χ1n) is 5.67. The largest absolute Gasteiger partial charge is 0.327 e. The summed E-state index contributed by atoms with van der Waals surface area (Å²) in [6.07, 6.45) is 2.20. The van der Waals surface area contributed by atoms with E-state index in [0.717, 1.165) is 19.4 Å². The number of nitrogens with one attached hydrogen (secondary N) is 1. The van der Waals surface area contributed by atoms with Gasteiger partial charge in [0, 0.05) is 18.1 Å². The number of rotatable bonds is 5. The van der Waals surface area contributed by atoms with Crippen molar-refractivity contribution in [2.24, 2.45) is 11.1 Å². The third kappa shape index (κ3) is 7.34. The molecule has 1 atom stereocenters. The zero-order chi connectivity index (χ0) is 11.4. The minimum atomic E-state index is 0.186. The van der Waals surface area contributed by atoms with Crippen LogP contribution in [0.15, 0.2) is 0 Å². The van der Waals surface area contributed by atoms with Gasteiger partial charge in [-0.25, -0.2) is 0 Å². The summed E-state index contributed by atoms with van der Waals surface area (Å²) in [6.45, 7) is 14.4. The molecule has 0 aliphatic carbocycles. The van der Waals surface area contributed by atoms with Crippen LogP contribution in [0.2, 0.25) is 0 Å². The van der Waals surface area contributed by atoms with Gasteiger partial charge in [-0.05, 0) is 32.1 Å². The molecule has 14 heavy (non-hydrogen) atoms. The summed E-state index contributed by atoms with van der Waals surface area (Å²) in [5.41, 5.74) is 6.43. The Hall–Kier alpha value is -0.0800. The molecule has 0 rings (SSSR count). The summed E-state index contributed by atoms with van der Waals surface area (Å²) in [5, 5.41) is 3.54. The topological polar surface area (TPSA) is 38.0 Å². The lowest BCUT2D eigenvalue weighted by molar-refractivity contribution is 0.238. The Morgan fingerprint density at radius 2 is 1.64 bits per heavy atom. The van der Waals surface area contributed by atoms with Crippen molar-refractivity contribution in [2.45, 2.75) is 66.0 Å². The summed E-state index contributed by atoms with van der Waals surface area (Å²) < 4.78 is 0. The van der Waals surface area contributed by atoms with Gasteiger partial charge in [-0.3, -0.25) is 0 Å². The van der Waals surface area contributed by atoms with Gasteiger partial charge in [-0.1, -0.05) is 27.7 Å². The van der Waals surface area contributed by atoms with E-state index in [4.69, 9.17) is 5.73 Å². The van der Waals surface area contributed by atoms with Gasteiger partial charge < -0.3 is 11.1 Å². The molecular formula is C12H28N2. The Morgan fingerprint density at radius 3 is 2.00 bits per heavy atom. The summed E-state index contributed by atoms with van der Waals surface area (Å²) in [5.74, 6) is 0. The lowest BCUT2D eigenvalue weighted by Crippen LogP contribution is -2.47. The normalized spacial score (nSPS) is 15.6. The molecule has 0 radical (unpaired) electrons. The quantitative estimate of drug-likeness (QED) is 0.715. The molecule has 0 fully saturated rings. The highest BCUT2D eigenvalue weighted by atomic mass is 15.0. The van der Waals surface area contributed by atoms with Crippen LogP contribution >= 0.6 is 0 Å². The van der Waals surface area contributed by atoms with E-state index in [0.29, 0.717) is 5.41 Å². The van der Waals surface area contributed by atoms with Crippen molar-refractivity contribution in [3.8, 4) is 0 Å². The predicted octanol–water partition coefficient (Wildman–Crippen LogP) is 2.53. The molecule has 2 nitrogen and oxygen atoms in total. The highest BCUT2D eigenvalue weighted by molar-refractivity contribution is 4.84. The second-order valence-corrected chi connectivity index (χ2v) is 6.17. The minimum Gasteiger partial charge on any atom is -0.327 e. The summed E-state index contributed by atoms with van der Waals surface area (Å²) in [6, 6.07) is 0.286. The molecule has 0 bridgehead atoms. The van der Waals surface area contributed by atoms with Crippen LogP contribution in [-0.2, 0) is 0 Å². The van der Waals surface area contributed by atoms with E-state index in [1.54, 1.807) is 0 Å². The van der Waals surface area contributed by atoms with Crippen LogP contribution in [0.5, 0.6) is 0 Å². The maximum Gasteiger partial charge on any atom is 0.0162 e. The van der Waals surface area contributed by atoms with Crippen LogP contribution in [-0.4, -0.2) is 18.1 Å². The van der Waals surface area contributed by atoms with Gasteiger partial charge in [0.15, 0.2) is 0 Å². The summed E-state index contributed by atoms with van der Waals surface area (Å²) in [7, 11) is 0. The minimum absolute atomic E-state index is 0.186. The molecule has 0 saturated carbocycles. The SMILES string of the molecule is CCC(N)CNC(C)(C)CC(C)(C)C. The fourth-order valence-corrected chi connectivity index (χ4v) is 1.94. The van der Waals surface area contributed by atoms with E-state index < -0.39 is 0 Å². The van der Waals surface area contributed by atoms with Crippen LogP contribution < -0.4 is 11.1 Å². The third-order valence-electron chi connectivity index (χ3n) is 2.34. The highest BCUT2D eigenvalue weighted by Gasteiger charge is 2.24. The molecule has 1 unspecified atom stereocenters. The molecule has 0 saturated heterocycles. The smallest absolute Gasteiger partial charge is 0.0162 e. The lowest BCUT2D eigenvalue weighted by atomic mass is 9.81. The average Bonchev–Trinajstić information content (AvgIpc) is 1.96. The van der Waals surface area contributed by atoms with Gasteiger partial charge in [-0.2, -0.15) is 0 Å². The van der Waals surface area contributed by atoms with E-state index in [-0.39, 0.29) is 11.6 Å². The fourth-order valence-electron chi connectivity index (χ4n) is 1.94. The Kier molecular flexibility index (Phi) is 5.10. The Balaban J connectivity index is 3.95. The standard InChI is InChI=1S/C12H28N2/c1-7-10(13)8-14-12(5,6)9-11(2,3)4/h10,14H,7-9,13H2,1-6H3. The molecule has 0 aliphatic rings. The molecule has 0 aromatic carbocycles. The zero-order valence-electron chi connectivity index (χ0n) is 10.8. The van der Waals surface area contributed by atoms with Gasteiger partial charge in [-0.15, -0.1) is 0 Å². The van der Waals surface area contributed by atoms with Gasteiger partial charge in [0.2, 0.25) is 0 Å². The van der Waals surface area contributed by atoms with Gasteiger partial charge in [0.1, 0.15) is 0 Å². The predicted molar refractivity (Wildman–Crippen MR) is 64.4 cm³/mol.